The van der Waals surface area contributed by atoms with Crippen molar-refractivity contribution in [1.82, 2.24) is 0 Å². The SMILES string of the molecule is C=C(C)[C@H]1C[C@@H]2O[C@]2(C)[C@H](O)[C@@H]1CO[Si](C)(C)C(C)(C)C. The Labute approximate surface area is 130 Å². The van der Waals surface area contributed by atoms with Crippen LogP contribution in [0.3, 0.4) is 0 Å². The number of ether oxygens (including phenoxy) is 1. The molecular formula is C17H32O3Si. The molecule has 21 heavy (non-hydrogen) atoms. The van der Waals surface area contributed by atoms with E-state index in [1.807, 2.05) is 6.92 Å². The van der Waals surface area contributed by atoms with Crippen LogP contribution in [0.15, 0.2) is 12.2 Å². The summed E-state index contributed by atoms with van der Waals surface area (Å²) < 4.78 is 12.1. The predicted molar refractivity (Wildman–Crippen MR) is 88.8 cm³/mol. The van der Waals surface area contributed by atoms with E-state index in [1.54, 1.807) is 0 Å². The third-order valence-corrected chi connectivity index (χ3v) is 10.5. The molecule has 0 aromatic rings. The lowest BCUT2D eigenvalue weighted by Gasteiger charge is -2.41. The molecule has 1 aliphatic heterocycles. The fraction of sp³-hybridized carbons (Fsp3) is 0.882. The van der Waals surface area contributed by atoms with Crippen molar-refractivity contribution >= 4 is 8.32 Å². The fourth-order valence-electron chi connectivity index (χ4n) is 3.16. The Morgan fingerprint density at radius 2 is 2.00 bits per heavy atom. The molecule has 5 atom stereocenters. The lowest BCUT2D eigenvalue weighted by atomic mass is 9.70. The third kappa shape index (κ3) is 3.00. The Balaban J connectivity index is 2.10. The molecular weight excluding hydrogens is 280 g/mol. The fourth-order valence-corrected chi connectivity index (χ4v) is 4.20. The summed E-state index contributed by atoms with van der Waals surface area (Å²) in [5.41, 5.74) is 0.781. The van der Waals surface area contributed by atoms with E-state index in [2.05, 4.69) is 47.4 Å². The first-order chi connectivity index (χ1) is 9.40. The molecule has 0 aromatic carbocycles. The van der Waals surface area contributed by atoms with Gasteiger partial charge in [0, 0.05) is 12.5 Å². The van der Waals surface area contributed by atoms with E-state index in [0.717, 1.165) is 12.0 Å². The van der Waals surface area contributed by atoms with Crippen LogP contribution < -0.4 is 0 Å². The molecule has 1 heterocycles. The van der Waals surface area contributed by atoms with Gasteiger partial charge in [-0.3, -0.25) is 0 Å². The average molecular weight is 313 g/mol. The van der Waals surface area contributed by atoms with Gasteiger partial charge in [-0.1, -0.05) is 32.9 Å². The molecule has 0 aromatic heterocycles. The molecule has 1 saturated heterocycles. The van der Waals surface area contributed by atoms with E-state index < -0.39 is 14.4 Å². The molecule has 0 radical (unpaired) electrons. The van der Waals surface area contributed by atoms with E-state index >= 15 is 0 Å². The van der Waals surface area contributed by atoms with Crippen LogP contribution >= 0.6 is 0 Å². The molecule has 0 amide bonds. The molecule has 1 aliphatic carbocycles. The van der Waals surface area contributed by atoms with Crippen molar-refractivity contribution in [3.8, 4) is 0 Å². The molecule has 0 bridgehead atoms. The number of aliphatic hydroxyl groups excluding tert-OH is 1. The minimum atomic E-state index is -1.80. The van der Waals surface area contributed by atoms with Gasteiger partial charge >= 0.3 is 0 Å². The van der Waals surface area contributed by atoms with E-state index in [4.69, 9.17) is 9.16 Å². The first kappa shape index (κ1) is 17.2. The van der Waals surface area contributed by atoms with Gasteiger partial charge in [-0.2, -0.15) is 0 Å². The highest BCUT2D eigenvalue weighted by molar-refractivity contribution is 6.74. The summed E-state index contributed by atoms with van der Waals surface area (Å²) >= 11 is 0. The van der Waals surface area contributed by atoms with Crippen LogP contribution in [-0.4, -0.2) is 37.8 Å². The molecule has 2 fully saturated rings. The molecule has 0 unspecified atom stereocenters. The number of hydrogen-bond donors (Lipinski definition) is 1. The average Bonchev–Trinajstić information content (AvgIpc) is 2.98. The highest BCUT2D eigenvalue weighted by Crippen LogP contribution is 2.53. The molecule has 3 nitrogen and oxygen atoms in total. The van der Waals surface area contributed by atoms with Crippen molar-refractivity contribution in [2.45, 2.75) is 77.0 Å². The summed E-state index contributed by atoms with van der Waals surface area (Å²) in [6, 6.07) is 0. The normalized spacial score (nSPS) is 39.8. The van der Waals surface area contributed by atoms with Crippen molar-refractivity contribution in [3.05, 3.63) is 12.2 Å². The number of aliphatic hydroxyl groups is 1. The van der Waals surface area contributed by atoms with Crippen molar-refractivity contribution in [2.24, 2.45) is 11.8 Å². The lowest BCUT2D eigenvalue weighted by Crippen LogP contribution is -2.50. The second-order valence-corrected chi connectivity index (χ2v) is 13.5. The summed E-state index contributed by atoms with van der Waals surface area (Å²) in [6.45, 7) is 20.1. The van der Waals surface area contributed by atoms with Gasteiger partial charge in [-0.05, 0) is 44.3 Å². The Morgan fingerprint density at radius 1 is 1.43 bits per heavy atom. The molecule has 4 heteroatoms. The minimum absolute atomic E-state index is 0.0976. The van der Waals surface area contributed by atoms with Gasteiger partial charge in [0.25, 0.3) is 0 Å². The second-order valence-electron chi connectivity index (χ2n) is 8.66. The topological polar surface area (TPSA) is 42.0 Å². The third-order valence-electron chi connectivity index (χ3n) is 6.03. The van der Waals surface area contributed by atoms with Crippen LogP contribution in [0.1, 0.15) is 41.0 Å². The minimum Gasteiger partial charge on any atom is -0.416 e. The summed E-state index contributed by atoms with van der Waals surface area (Å²) in [5, 5.41) is 10.9. The van der Waals surface area contributed by atoms with Crippen LogP contribution in [0, 0.1) is 11.8 Å². The van der Waals surface area contributed by atoms with Gasteiger partial charge in [0.2, 0.25) is 0 Å². The summed E-state index contributed by atoms with van der Waals surface area (Å²) in [4.78, 5) is 0. The maximum absolute atomic E-state index is 10.7. The predicted octanol–water partition coefficient (Wildman–Crippen LogP) is 3.74. The zero-order valence-electron chi connectivity index (χ0n) is 14.7. The van der Waals surface area contributed by atoms with Gasteiger partial charge in [0.1, 0.15) is 5.60 Å². The van der Waals surface area contributed by atoms with Crippen LogP contribution in [0.2, 0.25) is 18.1 Å². The molecule has 2 rings (SSSR count). The Bertz CT molecular complexity index is 426. The maximum Gasteiger partial charge on any atom is 0.191 e. The molecule has 0 spiro atoms. The van der Waals surface area contributed by atoms with Gasteiger partial charge in [-0.15, -0.1) is 0 Å². The summed E-state index contributed by atoms with van der Waals surface area (Å²) in [7, 11) is -1.80. The van der Waals surface area contributed by atoms with E-state index in [1.165, 1.54) is 0 Å². The molecule has 2 aliphatic rings. The van der Waals surface area contributed by atoms with Gasteiger partial charge in [0.15, 0.2) is 8.32 Å². The smallest absolute Gasteiger partial charge is 0.191 e. The maximum atomic E-state index is 10.7. The molecule has 122 valence electrons. The zero-order valence-corrected chi connectivity index (χ0v) is 15.7. The van der Waals surface area contributed by atoms with Crippen molar-refractivity contribution in [3.63, 3.8) is 0 Å². The Hall–Kier alpha value is -0.163. The lowest BCUT2D eigenvalue weighted by molar-refractivity contribution is -0.0119. The van der Waals surface area contributed by atoms with Crippen molar-refractivity contribution < 1.29 is 14.3 Å². The number of allylic oxidation sites excluding steroid dienone is 1. The second kappa shape index (κ2) is 5.19. The van der Waals surface area contributed by atoms with Gasteiger partial charge in [-0.25, -0.2) is 0 Å². The van der Waals surface area contributed by atoms with E-state index in [9.17, 15) is 5.11 Å². The van der Waals surface area contributed by atoms with Crippen LogP contribution in [0.25, 0.3) is 0 Å². The Morgan fingerprint density at radius 3 is 2.48 bits per heavy atom. The number of rotatable bonds is 4. The van der Waals surface area contributed by atoms with E-state index in [-0.39, 0.29) is 22.7 Å². The number of fused-ring (bicyclic) bond motifs is 1. The first-order valence-corrected chi connectivity index (χ1v) is 11.0. The van der Waals surface area contributed by atoms with Crippen LogP contribution in [0.4, 0.5) is 0 Å². The standard InChI is InChI=1S/C17H32O3Si/c1-11(2)12-9-14-17(6,20-14)15(18)13(12)10-19-21(7,8)16(3,4)5/h12-15,18H,1,9-10H2,2-8H3/t12-,13-,14+,15-,17+/m1/s1. The van der Waals surface area contributed by atoms with Gasteiger partial charge < -0.3 is 14.3 Å². The molecule has 1 N–H and O–H groups in total. The van der Waals surface area contributed by atoms with Gasteiger partial charge in [0.05, 0.1) is 12.2 Å². The van der Waals surface area contributed by atoms with E-state index in [0.29, 0.717) is 12.5 Å². The number of hydrogen-bond acceptors (Lipinski definition) is 3. The largest absolute Gasteiger partial charge is 0.416 e. The first-order valence-electron chi connectivity index (χ1n) is 8.05. The number of epoxide rings is 1. The van der Waals surface area contributed by atoms with Crippen molar-refractivity contribution in [2.75, 3.05) is 6.61 Å². The van der Waals surface area contributed by atoms with Crippen molar-refractivity contribution in [1.29, 1.82) is 0 Å². The monoisotopic (exact) mass is 312 g/mol. The molecule has 1 saturated carbocycles. The highest BCUT2D eigenvalue weighted by Gasteiger charge is 2.64. The quantitative estimate of drug-likeness (QED) is 0.488. The summed E-state index contributed by atoms with van der Waals surface area (Å²) in [5.74, 6) is 0.394. The highest BCUT2D eigenvalue weighted by atomic mass is 28.4. The van der Waals surface area contributed by atoms with Crippen LogP contribution in [-0.2, 0) is 9.16 Å². The Kier molecular flexibility index (Phi) is 4.25. The van der Waals surface area contributed by atoms with Crippen LogP contribution in [0.5, 0.6) is 0 Å². The summed E-state index contributed by atoms with van der Waals surface area (Å²) in [6.07, 6.45) is 0.704. The zero-order chi connectivity index (χ0) is 16.2.